The summed E-state index contributed by atoms with van der Waals surface area (Å²) in [5, 5.41) is 19.6. The predicted molar refractivity (Wildman–Crippen MR) is 101 cm³/mol. The molecule has 9 nitrogen and oxygen atoms in total. The third-order valence-corrected chi connectivity index (χ3v) is 4.59. The number of rotatable bonds is 4. The molecule has 2 aliphatic rings. The van der Waals surface area contributed by atoms with Gasteiger partial charge in [0.25, 0.3) is 5.91 Å². The Bertz CT molecular complexity index is 875. The highest BCUT2D eigenvalue weighted by atomic mass is 16.4. The number of carboxylic acids is 2. The van der Waals surface area contributed by atoms with Crippen LogP contribution in [0.25, 0.3) is 11.0 Å². The number of aromatic nitrogens is 1. The third-order valence-electron chi connectivity index (χ3n) is 4.59. The van der Waals surface area contributed by atoms with Crippen LogP contribution in [0.15, 0.2) is 41.2 Å². The largest absolute Gasteiger partial charge is 0.478 e. The van der Waals surface area contributed by atoms with Gasteiger partial charge in [-0.05, 0) is 31.0 Å². The molecule has 150 valence electrons. The van der Waals surface area contributed by atoms with Crippen molar-refractivity contribution in [3.8, 4) is 0 Å². The lowest BCUT2D eigenvalue weighted by atomic mass is 10.00. The molecule has 4 heterocycles. The van der Waals surface area contributed by atoms with Gasteiger partial charge in [0.05, 0.1) is 12.5 Å². The average Bonchev–Trinajstić information content (AvgIpc) is 3.36. The number of aliphatic carboxylic acids is 2. The Morgan fingerprint density at radius 1 is 1.21 bits per heavy atom. The van der Waals surface area contributed by atoms with Gasteiger partial charge in [-0.3, -0.25) is 4.79 Å². The quantitative estimate of drug-likeness (QED) is 0.672. The second-order valence-corrected chi connectivity index (χ2v) is 6.43. The fourth-order valence-corrected chi connectivity index (χ4v) is 3.32. The molecule has 4 rings (SSSR count). The normalized spacial score (nSPS) is 22.4. The van der Waals surface area contributed by atoms with Gasteiger partial charge in [0, 0.05) is 36.7 Å². The Balaban J connectivity index is 0.000000270. The number of hydrogen-bond donors (Lipinski definition) is 3. The highest BCUT2D eigenvalue weighted by Gasteiger charge is 2.38. The van der Waals surface area contributed by atoms with Crippen LogP contribution in [0.1, 0.15) is 24.3 Å². The first-order valence-corrected chi connectivity index (χ1v) is 8.43. The van der Waals surface area contributed by atoms with E-state index in [4.69, 9.17) is 14.6 Å². The molecule has 2 bridgehead atoms. The smallest absolute Gasteiger partial charge is 0.328 e. The minimum atomic E-state index is -1.26. The zero-order valence-corrected chi connectivity index (χ0v) is 14.4. The van der Waals surface area contributed by atoms with Gasteiger partial charge in [0.15, 0.2) is 5.58 Å². The van der Waals surface area contributed by atoms with E-state index >= 15 is 0 Å². The molecule has 2 fully saturated rings. The number of carbonyl (C=O) groups excluding carboxylic acids is 1. The molecule has 2 aromatic heterocycles. The summed E-state index contributed by atoms with van der Waals surface area (Å²) >= 11 is 0. The molecule has 2 aliphatic heterocycles. The zero-order chi connectivity index (χ0) is 19.4. The maximum atomic E-state index is 12.2. The number of carboxylic acid groups (broad SMARTS) is 2. The van der Waals surface area contributed by atoms with Gasteiger partial charge < -0.3 is 24.8 Å². The number of pyridine rings is 1. The van der Waals surface area contributed by atoms with E-state index in [9.17, 15) is 14.4 Å². The van der Waals surface area contributed by atoms with E-state index in [0.717, 1.165) is 18.5 Å². The maximum absolute atomic E-state index is 12.2. The monoisotopic (exact) mass is 389 g/mol. The van der Waals surface area contributed by atoms with E-state index in [1.54, 1.807) is 18.5 Å². The van der Waals surface area contributed by atoms with Gasteiger partial charge in [0.2, 0.25) is 0 Å². The second kappa shape index (κ2) is 9.14. The van der Waals surface area contributed by atoms with Crippen molar-refractivity contribution in [2.75, 3.05) is 19.6 Å². The van der Waals surface area contributed by atoms with Crippen LogP contribution < -0.4 is 5.32 Å². The molecule has 2 saturated heterocycles. The van der Waals surface area contributed by atoms with E-state index in [-0.39, 0.29) is 19.4 Å². The Labute approximate surface area is 161 Å². The van der Waals surface area contributed by atoms with Crippen LogP contribution in [0.2, 0.25) is 0 Å². The number of fused-ring (bicyclic) bond motifs is 3. The molecule has 2 aromatic rings. The van der Waals surface area contributed by atoms with E-state index in [1.807, 2.05) is 6.07 Å². The van der Waals surface area contributed by atoms with E-state index < -0.39 is 11.9 Å². The number of piperidine rings is 1. The minimum absolute atomic E-state index is 0. The number of amides is 1. The van der Waals surface area contributed by atoms with Crippen molar-refractivity contribution in [3.05, 3.63) is 42.4 Å². The first-order valence-electron chi connectivity index (χ1n) is 8.43. The predicted octanol–water partition coefficient (Wildman–Crippen LogP) is 1.61. The lowest BCUT2D eigenvalue weighted by molar-refractivity contribution is -0.134. The summed E-state index contributed by atoms with van der Waals surface area (Å²) < 4.78 is 5.23. The summed E-state index contributed by atoms with van der Waals surface area (Å²) in [4.78, 5) is 37.9. The van der Waals surface area contributed by atoms with Crippen LogP contribution in [0.3, 0.4) is 0 Å². The molecular formula is C19H23N3O6. The summed E-state index contributed by atoms with van der Waals surface area (Å²) in [6.45, 7) is 3.28. The molecule has 0 spiro atoms. The Hall–Kier alpha value is -3.20. The van der Waals surface area contributed by atoms with Crippen LogP contribution in [-0.4, -0.2) is 63.6 Å². The molecule has 3 atom stereocenters. The standard InChI is InChI=1S/C14H15N3O2.C4H4O4.CH4/c18-14(16-12-8-17-3-1-10(12)7-17)11-5-9-2-4-19-13(9)6-15-11;5-3(6)1-2-4(7)8;/h2,4-6,10,12H,1,3,7-8H2,(H,16,18);1-2H,(H,5,6)(H,7,8);1H4/b;2-1+;. The molecule has 3 N–H and O–H groups in total. The van der Waals surface area contributed by atoms with Gasteiger partial charge in [-0.2, -0.15) is 0 Å². The fraction of sp³-hybridized carbons (Fsp3) is 0.368. The van der Waals surface area contributed by atoms with Crippen molar-refractivity contribution in [2.45, 2.75) is 19.9 Å². The van der Waals surface area contributed by atoms with Crippen LogP contribution in [-0.2, 0) is 9.59 Å². The van der Waals surface area contributed by atoms with Gasteiger partial charge >= 0.3 is 11.9 Å². The number of nitrogens with one attached hydrogen (secondary N) is 1. The third kappa shape index (κ3) is 5.17. The van der Waals surface area contributed by atoms with Crippen LogP contribution in [0.4, 0.5) is 0 Å². The lowest BCUT2D eigenvalue weighted by Gasteiger charge is -2.22. The molecule has 28 heavy (non-hydrogen) atoms. The molecule has 9 heteroatoms. The lowest BCUT2D eigenvalue weighted by Crippen LogP contribution is -2.43. The van der Waals surface area contributed by atoms with E-state index in [1.165, 1.54) is 13.0 Å². The van der Waals surface area contributed by atoms with Crippen LogP contribution >= 0.6 is 0 Å². The minimum Gasteiger partial charge on any atom is -0.478 e. The zero-order valence-electron chi connectivity index (χ0n) is 14.4. The fourth-order valence-electron chi connectivity index (χ4n) is 3.32. The Morgan fingerprint density at radius 3 is 2.50 bits per heavy atom. The molecule has 1 amide bonds. The summed E-state index contributed by atoms with van der Waals surface area (Å²) in [6, 6.07) is 3.90. The summed E-state index contributed by atoms with van der Waals surface area (Å²) in [5.74, 6) is -1.98. The molecular weight excluding hydrogens is 366 g/mol. The van der Waals surface area contributed by atoms with Gasteiger partial charge in [-0.15, -0.1) is 0 Å². The van der Waals surface area contributed by atoms with Crippen molar-refractivity contribution in [1.29, 1.82) is 0 Å². The molecule has 0 aromatic carbocycles. The Morgan fingerprint density at radius 2 is 1.93 bits per heavy atom. The van der Waals surface area contributed by atoms with Crippen molar-refractivity contribution < 1.29 is 29.0 Å². The first-order chi connectivity index (χ1) is 12.9. The van der Waals surface area contributed by atoms with Crippen LogP contribution in [0.5, 0.6) is 0 Å². The topological polar surface area (TPSA) is 133 Å². The highest BCUT2D eigenvalue weighted by Crippen LogP contribution is 2.27. The molecule has 0 saturated carbocycles. The molecule has 0 radical (unpaired) electrons. The summed E-state index contributed by atoms with van der Waals surface area (Å²) in [6.07, 6.45) is 5.52. The van der Waals surface area contributed by atoms with Crippen LogP contribution in [0, 0.1) is 5.92 Å². The summed E-state index contributed by atoms with van der Waals surface area (Å²) in [7, 11) is 0. The van der Waals surface area contributed by atoms with E-state index in [0.29, 0.717) is 29.3 Å². The van der Waals surface area contributed by atoms with Crippen molar-refractivity contribution in [2.24, 2.45) is 5.92 Å². The molecule has 3 unspecified atom stereocenters. The van der Waals surface area contributed by atoms with Gasteiger partial charge in [0.1, 0.15) is 5.69 Å². The number of furan rings is 1. The summed E-state index contributed by atoms with van der Waals surface area (Å²) in [5.41, 5.74) is 1.18. The van der Waals surface area contributed by atoms with Crippen molar-refractivity contribution in [1.82, 2.24) is 15.2 Å². The van der Waals surface area contributed by atoms with Crippen molar-refractivity contribution in [3.63, 3.8) is 0 Å². The second-order valence-electron chi connectivity index (χ2n) is 6.43. The highest BCUT2D eigenvalue weighted by molar-refractivity contribution is 5.95. The number of carbonyl (C=O) groups is 3. The first kappa shape index (κ1) is 21.1. The average molecular weight is 389 g/mol. The van der Waals surface area contributed by atoms with Gasteiger partial charge in [-0.1, -0.05) is 7.43 Å². The van der Waals surface area contributed by atoms with E-state index in [2.05, 4.69) is 15.2 Å². The van der Waals surface area contributed by atoms with Gasteiger partial charge in [-0.25, -0.2) is 14.6 Å². The number of nitrogens with zero attached hydrogens (tertiary/aromatic N) is 2. The maximum Gasteiger partial charge on any atom is 0.328 e. The number of hydrogen-bond acceptors (Lipinski definition) is 6. The SMILES string of the molecule is C.O=C(NC1CN2CCC1C2)c1cc2ccoc2cn1.O=C(O)/C=C/C(=O)O. The van der Waals surface area contributed by atoms with Crippen molar-refractivity contribution >= 4 is 28.8 Å². The molecule has 0 aliphatic carbocycles. The Kier molecular flexibility index (Phi) is 6.89.